The van der Waals surface area contributed by atoms with E-state index in [1.54, 1.807) is 0 Å². The van der Waals surface area contributed by atoms with Crippen molar-refractivity contribution in [3.63, 3.8) is 0 Å². The van der Waals surface area contributed by atoms with Gasteiger partial charge in [-0.3, -0.25) is 4.79 Å². The lowest BCUT2D eigenvalue weighted by molar-refractivity contribution is 0.103. The molecule has 3 rings (SSSR count). The van der Waals surface area contributed by atoms with E-state index in [0.717, 1.165) is 32.2 Å². The zero-order valence-electron chi connectivity index (χ0n) is 10.9. The molecule has 0 atom stereocenters. The fourth-order valence-electron chi connectivity index (χ4n) is 2.33. The van der Waals surface area contributed by atoms with E-state index in [-0.39, 0.29) is 5.78 Å². The van der Waals surface area contributed by atoms with Crippen molar-refractivity contribution in [2.24, 2.45) is 0 Å². The van der Waals surface area contributed by atoms with Gasteiger partial charge in [-0.05, 0) is 36.2 Å². The molecule has 20 heavy (non-hydrogen) atoms. The van der Waals surface area contributed by atoms with Crippen molar-refractivity contribution in [3.8, 4) is 5.75 Å². The summed E-state index contributed by atoms with van der Waals surface area (Å²) >= 11 is 6.94. The molecule has 102 valence electrons. The van der Waals surface area contributed by atoms with Crippen LogP contribution in [-0.4, -0.2) is 12.4 Å². The van der Waals surface area contributed by atoms with Crippen LogP contribution in [0.3, 0.4) is 0 Å². The van der Waals surface area contributed by atoms with Gasteiger partial charge in [0, 0.05) is 20.9 Å². The van der Waals surface area contributed by atoms with Crippen molar-refractivity contribution in [3.05, 3.63) is 61.5 Å². The van der Waals surface area contributed by atoms with Crippen LogP contribution >= 0.6 is 31.9 Å². The molecule has 4 heteroatoms. The van der Waals surface area contributed by atoms with Crippen LogP contribution in [0.1, 0.15) is 27.0 Å². The van der Waals surface area contributed by atoms with Crippen LogP contribution in [0.15, 0.2) is 39.3 Å². The Morgan fingerprint density at radius 2 is 2.00 bits per heavy atom. The number of ether oxygens (including phenoxy) is 1. The van der Waals surface area contributed by atoms with Crippen molar-refractivity contribution in [2.45, 2.75) is 13.3 Å². The average Bonchev–Trinajstić information content (AvgIpc) is 2.88. The first-order valence-electron chi connectivity index (χ1n) is 6.32. The normalized spacial score (nSPS) is 12.9. The van der Waals surface area contributed by atoms with Gasteiger partial charge < -0.3 is 4.74 Å². The summed E-state index contributed by atoms with van der Waals surface area (Å²) in [6, 6.07) is 9.51. The Morgan fingerprint density at radius 3 is 2.75 bits per heavy atom. The maximum Gasteiger partial charge on any atom is 0.196 e. The second-order valence-corrected chi connectivity index (χ2v) is 6.60. The molecule has 2 nitrogen and oxygen atoms in total. The molecule has 0 saturated heterocycles. The van der Waals surface area contributed by atoms with E-state index in [1.807, 2.05) is 37.3 Å². The first kappa shape index (κ1) is 13.8. The number of benzene rings is 2. The summed E-state index contributed by atoms with van der Waals surface area (Å²) < 4.78 is 7.48. The molecular formula is C16H12Br2O2. The number of hydrogen-bond donors (Lipinski definition) is 0. The van der Waals surface area contributed by atoms with Crippen LogP contribution in [0.5, 0.6) is 5.75 Å². The topological polar surface area (TPSA) is 26.3 Å². The smallest absolute Gasteiger partial charge is 0.196 e. The molecule has 0 N–H and O–H groups in total. The largest absolute Gasteiger partial charge is 0.492 e. The van der Waals surface area contributed by atoms with Crippen molar-refractivity contribution in [1.29, 1.82) is 0 Å². The highest BCUT2D eigenvalue weighted by atomic mass is 79.9. The monoisotopic (exact) mass is 394 g/mol. The molecule has 1 heterocycles. The summed E-state index contributed by atoms with van der Waals surface area (Å²) in [7, 11) is 0. The van der Waals surface area contributed by atoms with Crippen molar-refractivity contribution < 1.29 is 9.53 Å². The summed E-state index contributed by atoms with van der Waals surface area (Å²) in [4.78, 5) is 12.7. The lowest BCUT2D eigenvalue weighted by Gasteiger charge is -2.09. The second-order valence-electron chi connectivity index (χ2n) is 4.83. The third-order valence-corrected chi connectivity index (χ3v) is 4.74. The first-order valence-corrected chi connectivity index (χ1v) is 7.91. The molecule has 0 unspecified atom stereocenters. The molecule has 0 aromatic heterocycles. The molecule has 2 aromatic carbocycles. The van der Waals surface area contributed by atoms with Gasteiger partial charge in [-0.1, -0.05) is 44.0 Å². The second kappa shape index (κ2) is 5.34. The van der Waals surface area contributed by atoms with E-state index in [9.17, 15) is 4.79 Å². The lowest BCUT2D eigenvalue weighted by atomic mass is 9.99. The molecule has 0 radical (unpaired) electrons. The third-order valence-electron chi connectivity index (χ3n) is 3.43. The highest BCUT2D eigenvalue weighted by Gasteiger charge is 2.23. The maximum atomic E-state index is 12.7. The van der Waals surface area contributed by atoms with Crippen molar-refractivity contribution in [2.75, 3.05) is 6.61 Å². The highest BCUT2D eigenvalue weighted by molar-refractivity contribution is 9.10. The summed E-state index contributed by atoms with van der Waals surface area (Å²) in [6.45, 7) is 2.64. The van der Waals surface area contributed by atoms with Crippen molar-refractivity contribution in [1.82, 2.24) is 0 Å². The molecule has 0 amide bonds. The van der Waals surface area contributed by atoms with Crippen molar-refractivity contribution >= 4 is 37.6 Å². The van der Waals surface area contributed by atoms with Crippen LogP contribution < -0.4 is 4.74 Å². The van der Waals surface area contributed by atoms with Gasteiger partial charge in [-0.25, -0.2) is 0 Å². The fourth-order valence-corrected chi connectivity index (χ4v) is 3.21. The molecule has 1 aliphatic rings. The molecule has 0 spiro atoms. The number of halogens is 2. The molecular weight excluding hydrogens is 384 g/mol. The molecule has 0 fully saturated rings. The Morgan fingerprint density at radius 1 is 1.20 bits per heavy atom. The quantitative estimate of drug-likeness (QED) is 0.689. The molecule has 0 aliphatic carbocycles. The van der Waals surface area contributed by atoms with E-state index in [4.69, 9.17) is 4.74 Å². The number of ketones is 1. The fraction of sp³-hybridized carbons (Fsp3) is 0.188. The van der Waals surface area contributed by atoms with Gasteiger partial charge in [0.05, 0.1) is 12.2 Å². The Bertz CT molecular complexity index is 708. The van der Waals surface area contributed by atoms with Crippen LogP contribution in [0.2, 0.25) is 0 Å². The zero-order chi connectivity index (χ0) is 14.3. The standard InChI is InChI=1S/C16H12Br2O2/c1-9-2-3-10(7-14(9)18)15(19)13-8-12(17)6-11-4-5-20-16(11)13/h2-3,6-8H,4-5H2,1H3. The van der Waals surface area contributed by atoms with Crippen LogP contribution in [0.4, 0.5) is 0 Å². The Balaban J connectivity index is 2.09. The van der Waals surface area contributed by atoms with Gasteiger partial charge in [0.2, 0.25) is 0 Å². The van der Waals surface area contributed by atoms with E-state index >= 15 is 0 Å². The lowest BCUT2D eigenvalue weighted by Crippen LogP contribution is -2.04. The SMILES string of the molecule is Cc1ccc(C(=O)c2cc(Br)cc3c2OCC3)cc1Br. The number of carbonyl (C=O) groups is 1. The molecule has 0 bridgehead atoms. The molecule has 1 aliphatic heterocycles. The van der Waals surface area contributed by atoms with Gasteiger partial charge in [-0.2, -0.15) is 0 Å². The maximum absolute atomic E-state index is 12.7. The molecule has 2 aromatic rings. The summed E-state index contributed by atoms with van der Waals surface area (Å²) in [6.07, 6.45) is 0.854. The zero-order valence-corrected chi connectivity index (χ0v) is 14.0. The highest BCUT2D eigenvalue weighted by Crippen LogP contribution is 2.34. The summed E-state index contributed by atoms with van der Waals surface area (Å²) in [5.74, 6) is 0.722. The van der Waals surface area contributed by atoms with Gasteiger partial charge in [0.25, 0.3) is 0 Å². The predicted molar refractivity (Wildman–Crippen MR) is 85.7 cm³/mol. The first-order chi connectivity index (χ1) is 9.56. The van der Waals surface area contributed by atoms with E-state index in [1.165, 1.54) is 0 Å². The van der Waals surface area contributed by atoms with E-state index in [0.29, 0.717) is 17.7 Å². The number of rotatable bonds is 2. The van der Waals surface area contributed by atoms with E-state index in [2.05, 4.69) is 31.9 Å². The number of hydrogen-bond acceptors (Lipinski definition) is 2. The van der Waals surface area contributed by atoms with Crippen LogP contribution in [0.25, 0.3) is 0 Å². The third kappa shape index (κ3) is 2.42. The number of aryl methyl sites for hydroxylation is 1. The Labute approximate surface area is 134 Å². The number of carbonyl (C=O) groups excluding carboxylic acids is 1. The number of fused-ring (bicyclic) bond motifs is 1. The minimum Gasteiger partial charge on any atom is -0.492 e. The Hall–Kier alpha value is -1.13. The minimum absolute atomic E-state index is 0.00912. The predicted octanol–water partition coefficient (Wildman–Crippen LogP) is 4.69. The average molecular weight is 396 g/mol. The Kier molecular flexibility index (Phi) is 3.69. The van der Waals surface area contributed by atoms with Gasteiger partial charge in [-0.15, -0.1) is 0 Å². The minimum atomic E-state index is -0.00912. The van der Waals surface area contributed by atoms with Gasteiger partial charge in [0.1, 0.15) is 5.75 Å². The van der Waals surface area contributed by atoms with Gasteiger partial charge in [0.15, 0.2) is 5.78 Å². The summed E-state index contributed by atoms with van der Waals surface area (Å²) in [5, 5.41) is 0. The van der Waals surface area contributed by atoms with Crippen LogP contribution in [0, 0.1) is 6.92 Å². The summed E-state index contributed by atoms with van der Waals surface area (Å²) in [5.41, 5.74) is 3.49. The van der Waals surface area contributed by atoms with Crippen LogP contribution in [-0.2, 0) is 6.42 Å². The van der Waals surface area contributed by atoms with E-state index < -0.39 is 0 Å². The van der Waals surface area contributed by atoms with Gasteiger partial charge >= 0.3 is 0 Å². The molecule has 0 saturated carbocycles.